The molecule has 4 nitrogen and oxygen atoms in total. The van der Waals surface area contributed by atoms with E-state index in [0.29, 0.717) is 17.8 Å². The molecular formula is C20H26N2O2S. The Morgan fingerprint density at radius 3 is 2.88 bits per heavy atom. The Balaban J connectivity index is 1.62. The minimum atomic E-state index is -0.141. The number of benzene rings is 1. The smallest absolute Gasteiger partial charge is 0.316 e. The standard InChI is InChI=1S/C20H26N2O2S/c1-13(2)15-9-8-14(3)10-18(15)24-19(23)11-25-20-16-6-4-5-7-17(16)21-12-22-20/h4-7,12-15,18H,8-11H2,1-3H3/t14-,15-,18+/m1/s1. The van der Waals surface area contributed by atoms with Crippen molar-refractivity contribution in [3.05, 3.63) is 30.6 Å². The first kappa shape index (κ1) is 18.2. The number of fused-ring (bicyclic) bond motifs is 1. The van der Waals surface area contributed by atoms with E-state index in [2.05, 4.69) is 30.7 Å². The largest absolute Gasteiger partial charge is 0.461 e. The van der Waals surface area contributed by atoms with E-state index in [0.717, 1.165) is 28.8 Å². The molecule has 1 heterocycles. The molecule has 1 saturated carbocycles. The van der Waals surface area contributed by atoms with Gasteiger partial charge in [0, 0.05) is 5.39 Å². The molecule has 1 aromatic carbocycles. The summed E-state index contributed by atoms with van der Waals surface area (Å²) in [6, 6.07) is 7.86. The number of aromatic nitrogens is 2. The van der Waals surface area contributed by atoms with Gasteiger partial charge in [0.15, 0.2) is 0 Å². The lowest BCUT2D eigenvalue weighted by atomic mass is 9.75. The Kier molecular flexibility index (Phi) is 5.94. The first-order valence-corrected chi connectivity index (χ1v) is 10.0. The molecule has 3 atom stereocenters. The van der Waals surface area contributed by atoms with E-state index >= 15 is 0 Å². The summed E-state index contributed by atoms with van der Waals surface area (Å²) >= 11 is 1.43. The summed E-state index contributed by atoms with van der Waals surface area (Å²) in [5.74, 6) is 1.80. The molecule has 1 aromatic heterocycles. The third-order valence-electron chi connectivity index (χ3n) is 5.08. The molecule has 0 bridgehead atoms. The second-order valence-electron chi connectivity index (χ2n) is 7.34. The summed E-state index contributed by atoms with van der Waals surface area (Å²) in [7, 11) is 0. The van der Waals surface area contributed by atoms with E-state index in [1.807, 2.05) is 24.3 Å². The van der Waals surface area contributed by atoms with Crippen LogP contribution < -0.4 is 0 Å². The van der Waals surface area contributed by atoms with Crippen LogP contribution in [0.25, 0.3) is 10.9 Å². The molecule has 25 heavy (non-hydrogen) atoms. The van der Waals surface area contributed by atoms with Crippen LogP contribution in [0.4, 0.5) is 0 Å². The van der Waals surface area contributed by atoms with Crippen molar-refractivity contribution >= 4 is 28.6 Å². The van der Waals surface area contributed by atoms with Crippen molar-refractivity contribution in [3.63, 3.8) is 0 Å². The van der Waals surface area contributed by atoms with Gasteiger partial charge in [-0.3, -0.25) is 4.79 Å². The van der Waals surface area contributed by atoms with Crippen molar-refractivity contribution in [1.29, 1.82) is 0 Å². The number of rotatable bonds is 5. The van der Waals surface area contributed by atoms with Crippen LogP contribution in [0.3, 0.4) is 0 Å². The van der Waals surface area contributed by atoms with Gasteiger partial charge in [-0.1, -0.05) is 57.2 Å². The highest BCUT2D eigenvalue weighted by molar-refractivity contribution is 8.00. The Morgan fingerprint density at radius 1 is 1.28 bits per heavy atom. The molecule has 1 aliphatic rings. The molecule has 5 heteroatoms. The molecule has 0 unspecified atom stereocenters. The Bertz CT molecular complexity index is 729. The number of hydrogen-bond donors (Lipinski definition) is 0. The van der Waals surface area contributed by atoms with E-state index in [9.17, 15) is 4.79 Å². The predicted octanol–water partition coefficient (Wildman–Crippen LogP) is 4.73. The molecule has 0 amide bonds. The van der Waals surface area contributed by atoms with Crippen molar-refractivity contribution in [2.45, 2.75) is 51.2 Å². The van der Waals surface area contributed by atoms with Gasteiger partial charge in [0.2, 0.25) is 0 Å². The van der Waals surface area contributed by atoms with Gasteiger partial charge in [0.25, 0.3) is 0 Å². The fourth-order valence-electron chi connectivity index (χ4n) is 3.68. The number of para-hydroxylation sites is 1. The van der Waals surface area contributed by atoms with Crippen molar-refractivity contribution in [2.75, 3.05) is 5.75 Å². The first-order valence-electron chi connectivity index (χ1n) is 9.06. The van der Waals surface area contributed by atoms with Gasteiger partial charge in [-0.05, 0) is 36.7 Å². The van der Waals surface area contributed by atoms with Gasteiger partial charge in [-0.15, -0.1) is 0 Å². The van der Waals surface area contributed by atoms with Crippen molar-refractivity contribution in [3.8, 4) is 0 Å². The Morgan fingerprint density at radius 2 is 2.08 bits per heavy atom. The topological polar surface area (TPSA) is 52.1 Å². The van der Waals surface area contributed by atoms with Gasteiger partial charge in [0.05, 0.1) is 11.3 Å². The number of hydrogen-bond acceptors (Lipinski definition) is 5. The maximum atomic E-state index is 12.4. The lowest BCUT2D eigenvalue weighted by Gasteiger charge is -2.36. The highest BCUT2D eigenvalue weighted by Crippen LogP contribution is 2.35. The molecule has 2 aromatic rings. The normalized spacial score (nSPS) is 23.8. The molecule has 0 radical (unpaired) electrons. The number of thioether (sulfide) groups is 1. The number of carbonyl (C=O) groups excluding carboxylic acids is 1. The maximum absolute atomic E-state index is 12.4. The number of ether oxygens (including phenoxy) is 1. The molecule has 134 valence electrons. The van der Waals surface area contributed by atoms with Crippen LogP contribution in [0.15, 0.2) is 35.6 Å². The molecule has 3 rings (SSSR count). The maximum Gasteiger partial charge on any atom is 0.316 e. The monoisotopic (exact) mass is 358 g/mol. The summed E-state index contributed by atoms with van der Waals surface area (Å²) < 4.78 is 5.87. The van der Waals surface area contributed by atoms with Crippen LogP contribution in [-0.2, 0) is 9.53 Å². The molecule has 1 fully saturated rings. The minimum absolute atomic E-state index is 0.0546. The number of esters is 1. The van der Waals surface area contributed by atoms with Crippen molar-refractivity contribution in [2.24, 2.45) is 17.8 Å². The second-order valence-corrected chi connectivity index (χ2v) is 8.30. The lowest BCUT2D eigenvalue weighted by Crippen LogP contribution is -2.36. The zero-order valence-electron chi connectivity index (χ0n) is 15.1. The van der Waals surface area contributed by atoms with Crippen LogP contribution in [0.2, 0.25) is 0 Å². The molecule has 0 aliphatic heterocycles. The van der Waals surface area contributed by atoms with Crippen LogP contribution in [-0.4, -0.2) is 27.8 Å². The summed E-state index contributed by atoms with van der Waals surface area (Å²) in [5, 5.41) is 1.81. The number of nitrogens with zero attached hydrogens (tertiary/aromatic N) is 2. The van der Waals surface area contributed by atoms with Gasteiger partial charge >= 0.3 is 5.97 Å². The van der Waals surface area contributed by atoms with Crippen molar-refractivity contribution in [1.82, 2.24) is 9.97 Å². The average molecular weight is 359 g/mol. The summed E-state index contributed by atoms with van der Waals surface area (Å²) in [6.07, 6.45) is 4.97. The van der Waals surface area contributed by atoms with Crippen LogP contribution in [0.5, 0.6) is 0 Å². The predicted molar refractivity (Wildman–Crippen MR) is 101 cm³/mol. The molecule has 0 spiro atoms. The van der Waals surface area contributed by atoms with E-state index < -0.39 is 0 Å². The third-order valence-corrected chi connectivity index (χ3v) is 6.06. The molecule has 0 saturated heterocycles. The zero-order chi connectivity index (χ0) is 17.8. The molecule has 1 aliphatic carbocycles. The highest BCUT2D eigenvalue weighted by atomic mass is 32.2. The SMILES string of the molecule is CC(C)[C@H]1CC[C@@H](C)C[C@@H]1OC(=O)CSc1ncnc2ccccc12. The van der Waals surface area contributed by atoms with Gasteiger partial charge in [-0.2, -0.15) is 0 Å². The average Bonchev–Trinajstić information content (AvgIpc) is 2.59. The number of carbonyl (C=O) groups is 1. The van der Waals surface area contributed by atoms with Crippen molar-refractivity contribution < 1.29 is 9.53 Å². The van der Waals surface area contributed by atoms with Crippen LogP contribution >= 0.6 is 11.8 Å². The summed E-state index contributed by atoms with van der Waals surface area (Å²) in [4.78, 5) is 21.0. The fourth-order valence-corrected chi connectivity index (χ4v) is 4.45. The van der Waals surface area contributed by atoms with E-state index in [4.69, 9.17) is 4.74 Å². The summed E-state index contributed by atoms with van der Waals surface area (Å²) in [5.41, 5.74) is 0.898. The Hall–Kier alpha value is -1.62. The van der Waals surface area contributed by atoms with Crippen LogP contribution in [0.1, 0.15) is 40.0 Å². The summed E-state index contributed by atoms with van der Waals surface area (Å²) in [6.45, 7) is 6.70. The van der Waals surface area contributed by atoms with E-state index in [1.165, 1.54) is 18.2 Å². The lowest BCUT2D eigenvalue weighted by molar-refractivity contribution is -0.152. The van der Waals surface area contributed by atoms with E-state index in [1.54, 1.807) is 6.33 Å². The Labute approximate surface area is 153 Å². The zero-order valence-corrected chi connectivity index (χ0v) is 16.0. The second kappa shape index (κ2) is 8.17. The van der Waals surface area contributed by atoms with E-state index in [-0.39, 0.29) is 17.8 Å². The van der Waals surface area contributed by atoms with Crippen LogP contribution in [0, 0.1) is 17.8 Å². The minimum Gasteiger partial charge on any atom is -0.461 e. The third kappa shape index (κ3) is 4.51. The fraction of sp³-hybridized carbons (Fsp3) is 0.550. The first-order chi connectivity index (χ1) is 12.0. The quantitative estimate of drug-likeness (QED) is 0.439. The van der Waals surface area contributed by atoms with Gasteiger partial charge in [0.1, 0.15) is 17.5 Å². The van der Waals surface area contributed by atoms with Gasteiger partial charge in [-0.25, -0.2) is 9.97 Å². The highest BCUT2D eigenvalue weighted by Gasteiger charge is 2.33. The molecule has 0 N–H and O–H groups in total. The molecular weight excluding hydrogens is 332 g/mol. The van der Waals surface area contributed by atoms with Gasteiger partial charge < -0.3 is 4.74 Å².